The first kappa shape index (κ1) is 28.8. The van der Waals surface area contributed by atoms with Crippen molar-refractivity contribution >= 4 is 11.9 Å². The summed E-state index contributed by atoms with van der Waals surface area (Å²) < 4.78 is 0. The molecule has 8 nitrogen and oxygen atoms in total. The average Bonchev–Trinajstić information content (AvgIpc) is 3.40. The minimum absolute atomic E-state index is 0.0459. The van der Waals surface area contributed by atoms with Crippen LogP contribution in [0.1, 0.15) is 98.2 Å². The van der Waals surface area contributed by atoms with Gasteiger partial charge in [-0.05, 0) is 74.6 Å². The molecule has 4 aliphatic rings. The summed E-state index contributed by atoms with van der Waals surface area (Å²) >= 11 is 0. The van der Waals surface area contributed by atoms with E-state index in [0.717, 1.165) is 77.5 Å². The van der Waals surface area contributed by atoms with Crippen LogP contribution in [-0.2, 0) is 6.54 Å². The molecular weight excluding hydrogens is 526 g/mol. The summed E-state index contributed by atoms with van der Waals surface area (Å²) in [5, 5.41) is 6.28. The highest BCUT2D eigenvalue weighted by atomic mass is 16.3. The molecule has 0 aromatic heterocycles. The van der Waals surface area contributed by atoms with E-state index in [-0.39, 0.29) is 36.1 Å². The zero-order valence-electron chi connectivity index (χ0n) is 24.7. The summed E-state index contributed by atoms with van der Waals surface area (Å²) in [5.41, 5.74) is 3.13. The number of nitrogens with zero attached hydrogens (tertiary/aromatic N) is 4. The molecule has 1 atom stereocenters. The molecular formula is C34H45N5O3. The first-order chi connectivity index (χ1) is 20.6. The SMILES string of the molecule is O=NC1CCC(NC(=O)c2ccc(CN3CCC(N4C(=O)N(C5CCCCC5)C[C@H]4c4ccccc4)CC3)cc2)CC1. The predicted molar refractivity (Wildman–Crippen MR) is 164 cm³/mol. The number of carbonyl (C=O) groups is 2. The Hall–Kier alpha value is -3.26. The molecule has 1 N–H and O–H groups in total. The highest BCUT2D eigenvalue weighted by Crippen LogP contribution is 2.38. The minimum atomic E-state index is -0.0973. The number of nitroso groups, excluding NO2 is 1. The zero-order valence-corrected chi connectivity index (χ0v) is 24.7. The predicted octanol–water partition coefficient (Wildman–Crippen LogP) is 6.27. The van der Waals surface area contributed by atoms with E-state index in [1.54, 1.807) is 0 Å². The molecule has 2 aromatic rings. The maximum atomic E-state index is 13.9. The van der Waals surface area contributed by atoms with Gasteiger partial charge in [-0.25, -0.2) is 4.79 Å². The van der Waals surface area contributed by atoms with E-state index in [1.807, 2.05) is 12.1 Å². The van der Waals surface area contributed by atoms with Gasteiger partial charge in [-0.2, -0.15) is 4.91 Å². The summed E-state index contributed by atoms with van der Waals surface area (Å²) in [5.74, 6) is -0.0459. The molecule has 2 saturated carbocycles. The van der Waals surface area contributed by atoms with Crippen LogP contribution in [0.15, 0.2) is 59.8 Å². The van der Waals surface area contributed by atoms with Crippen molar-refractivity contribution in [2.45, 2.75) is 107 Å². The summed E-state index contributed by atoms with van der Waals surface area (Å²) in [6.07, 6.45) is 11.1. The Labute approximate surface area is 249 Å². The number of rotatable bonds is 8. The van der Waals surface area contributed by atoms with Gasteiger partial charge in [0.15, 0.2) is 0 Å². The normalized spacial score (nSPS) is 26.4. The van der Waals surface area contributed by atoms with Crippen molar-refractivity contribution in [3.05, 3.63) is 76.2 Å². The Bertz CT molecular complexity index is 1200. The largest absolute Gasteiger partial charge is 0.349 e. The van der Waals surface area contributed by atoms with Crippen LogP contribution >= 0.6 is 0 Å². The molecule has 42 heavy (non-hydrogen) atoms. The van der Waals surface area contributed by atoms with Gasteiger partial charge in [0.2, 0.25) is 0 Å². The number of benzene rings is 2. The van der Waals surface area contributed by atoms with Gasteiger partial charge in [0, 0.05) is 49.9 Å². The fraction of sp³-hybridized carbons (Fsp3) is 0.588. The second-order valence-electron chi connectivity index (χ2n) is 12.8. The molecule has 2 aliphatic carbocycles. The Morgan fingerprint density at radius 2 is 1.50 bits per heavy atom. The van der Waals surface area contributed by atoms with Crippen LogP contribution in [0, 0.1) is 4.91 Å². The molecule has 2 heterocycles. The number of likely N-dealkylation sites (tertiary alicyclic amines) is 1. The molecule has 0 bridgehead atoms. The van der Waals surface area contributed by atoms with Crippen LogP contribution in [0.5, 0.6) is 0 Å². The summed E-state index contributed by atoms with van der Waals surface area (Å²) in [6, 6.07) is 19.6. The highest BCUT2D eigenvalue weighted by Gasteiger charge is 2.45. The van der Waals surface area contributed by atoms with Crippen LogP contribution in [0.3, 0.4) is 0 Å². The van der Waals surface area contributed by atoms with Gasteiger partial charge in [-0.3, -0.25) is 9.69 Å². The number of urea groups is 1. The quantitative estimate of drug-likeness (QED) is 0.379. The molecule has 4 fully saturated rings. The molecule has 0 radical (unpaired) electrons. The van der Waals surface area contributed by atoms with E-state index in [2.05, 4.69) is 67.7 Å². The highest BCUT2D eigenvalue weighted by molar-refractivity contribution is 5.94. The smallest absolute Gasteiger partial charge is 0.321 e. The molecule has 2 aliphatic heterocycles. The minimum Gasteiger partial charge on any atom is -0.349 e. The number of nitrogens with one attached hydrogen (secondary N) is 1. The molecule has 2 aromatic carbocycles. The van der Waals surface area contributed by atoms with E-state index in [4.69, 9.17) is 0 Å². The molecule has 2 saturated heterocycles. The third kappa shape index (κ3) is 6.54. The third-order valence-electron chi connectivity index (χ3n) is 10.1. The first-order valence-electron chi connectivity index (χ1n) is 16.2. The van der Waals surface area contributed by atoms with Gasteiger partial charge in [0.1, 0.15) is 0 Å². The second kappa shape index (κ2) is 13.4. The molecule has 0 spiro atoms. The van der Waals surface area contributed by atoms with Crippen LogP contribution in [0.25, 0.3) is 0 Å². The molecule has 224 valence electrons. The van der Waals surface area contributed by atoms with E-state index in [9.17, 15) is 14.5 Å². The maximum Gasteiger partial charge on any atom is 0.321 e. The summed E-state index contributed by atoms with van der Waals surface area (Å²) in [6.45, 7) is 3.58. The fourth-order valence-corrected chi connectivity index (χ4v) is 7.65. The Kier molecular flexibility index (Phi) is 9.18. The monoisotopic (exact) mass is 571 g/mol. The van der Waals surface area contributed by atoms with Crippen molar-refractivity contribution in [1.82, 2.24) is 20.0 Å². The lowest BCUT2D eigenvalue weighted by molar-refractivity contribution is 0.0925. The Balaban J connectivity index is 1.03. The second-order valence-corrected chi connectivity index (χ2v) is 12.8. The van der Waals surface area contributed by atoms with Gasteiger partial charge in [-0.15, -0.1) is 0 Å². The lowest BCUT2D eigenvalue weighted by atomic mass is 9.91. The number of hydrogen-bond donors (Lipinski definition) is 1. The summed E-state index contributed by atoms with van der Waals surface area (Å²) in [7, 11) is 0. The topological polar surface area (TPSA) is 85.3 Å². The molecule has 3 amide bonds. The number of amides is 3. The lowest BCUT2D eigenvalue weighted by Gasteiger charge is -2.39. The van der Waals surface area contributed by atoms with Crippen molar-refractivity contribution in [3.63, 3.8) is 0 Å². The van der Waals surface area contributed by atoms with E-state index < -0.39 is 0 Å². The molecule has 8 heteroatoms. The van der Waals surface area contributed by atoms with Crippen LogP contribution in [0.4, 0.5) is 4.79 Å². The number of piperidine rings is 1. The zero-order chi connectivity index (χ0) is 28.9. The number of hydrogen-bond acceptors (Lipinski definition) is 5. The van der Waals surface area contributed by atoms with Crippen LogP contribution in [0.2, 0.25) is 0 Å². The van der Waals surface area contributed by atoms with Crippen molar-refractivity contribution in [1.29, 1.82) is 0 Å². The van der Waals surface area contributed by atoms with E-state index in [0.29, 0.717) is 11.6 Å². The standard InChI is InChI=1S/C34H45N5O3/c40-33(35-28-15-17-29(36-42)18-16-28)27-13-11-25(12-14-27)23-37-21-19-31(20-22-37)39-32(26-7-3-1-4-8-26)24-38(34(39)41)30-9-5-2-6-10-30/h1,3-4,7-8,11-14,28-32H,2,5-6,9-10,15-24H2,(H,35,40)/t28?,29?,32-/m0/s1. The van der Waals surface area contributed by atoms with E-state index in [1.165, 1.54) is 30.4 Å². The number of carbonyl (C=O) groups excluding carboxylic acids is 2. The van der Waals surface area contributed by atoms with Crippen molar-refractivity contribution in [3.8, 4) is 0 Å². The van der Waals surface area contributed by atoms with Crippen molar-refractivity contribution in [2.24, 2.45) is 5.18 Å². The van der Waals surface area contributed by atoms with E-state index >= 15 is 0 Å². The lowest BCUT2D eigenvalue weighted by Crippen LogP contribution is -2.48. The van der Waals surface area contributed by atoms with Crippen LogP contribution < -0.4 is 5.32 Å². The first-order valence-corrected chi connectivity index (χ1v) is 16.2. The fourth-order valence-electron chi connectivity index (χ4n) is 7.65. The van der Waals surface area contributed by atoms with Gasteiger partial charge >= 0.3 is 6.03 Å². The van der Waals surface area contributed by atoms with Crippen molar-refractivity contribution in [2.75, 3.05) is 19.6 Å². The van der Waals surface area contributed by atoms with Gasteiger partial charge in [-0.1, -0.05) is 66.9 Å². The van der Waals surface area contributed by atoms with Gasteiger partial charge in [0.05, 0.1) is 12.1 Å². The van der Waals surface area contributed by atoms with Crippen LogP contribution in [-0.4, -0.2) is 70.4 Å². The molecule has 6 rings (SSSR count). The summed E-state index contributed by atoms with van der Waals surface area (Å²) in [4.78, 5) is 44.3. The Morgan fingerprint density at radius 3 is 2.17 bits per heavy atom. The van der Waals surface area contributed by atoms with Crippen molar-refractivity contribution < 1.29 is 9.59 Å². The van der Waals surface area contributed by atoms with Gasteiger partial charge in [0.25, 0.3) is 5.91 Å². The Morgan fingerprint density at radius 1 is 0.810 bits per heavy atom. The average molecular weight is 572 g/mol. The maximum absolute atomic E-state index is 13.9. The third-order valence-corrected chi connectivity index (χ3v) is 10.1. The van der Waals surface area contributed by atoms with Gasteiger partial charge < -0.3 is 15.1 Å². The molecule has 0 unspecified atom stereocenters.